The Hall–Kier alpha value is -1.08. The van der Waals surface area contributed by atoms with Crippen LogP contribution in [-0.2, 0) is 0 Å². The van der Waals surface area contributed by atoms with E-state index in [1.165, 1.54) is 0 Å². The number of pyridine rings is 1. The van der Waals surface area contributed by atoms with Crippen molar-refractivity contribution in [2.75, 3.05) is 6.61 Å². The highest BCUT2D eigenvalue weighted by molar-refractivity contribution is 9.10. The van der Waals surface area contributed by atoms with Gasteiger partial charge in [0.25, 0.3) is 0 Å². The van der Waals surface area contributed by atoms with Crippen molar-refractivity contribution in [2.24, 2.45) is 0 Å². The third-order valence-electron chi connectivity index (χ3n) is 2.88. The molecular weight excluding hydrogens is 431 g/mol. The lowest BCUT2D eigenvalue weighted by Crippen LogP contribution is -3.00. The molecule has 0 aliphatic carbocycles. The Kier molecular flexibility index (Phi) is 5.04. The van der Waals surface area contributed by atoms with Crippen LogP contribution in [0.1, 0.15) is 6.92 Å². The molecule has 0 unspecified atom stereocenters. The predicted octanol–water partition coefficient (Wildman–Crippen LogP) is 1.17. The van der Waals surface area contributed by atoms with Crippen LogP contribution in [0.4, 0.5) is 0 Å². The number of fused-ring (bicyclic) bond motifs is 1. The van der Waals surface area contributed by atoms with E-state index in [2.05, 4.69) is 20.9 Å². The minimum absolute atomic E-state index is 0. The summed E-state index contributed by atoms with van der Waals surface area (Å²) in [6.45, 7) is 2.63. The average Bonchev–Trinajstić information content (AvgIpc) is 2.82. The smallest absolute Gasteiger partial charge is 0.137 e. The molecule has 0 bridgehead atoms. The van der Waals surface area contributed by atoms with Gasteiger partial charge in [-0.1, -0.05) is 12.1 Å². The number of imidazole rings is 1. The summed E-state index contributed by atoms with van der Waals surface area (Å²) >= 11 is 3.46. The normalized spacial score (nSPS) is 10.3. The second-order valence-electron chi connectivity index (χ2n) is 4.17. The first-order valence-electron chi connectivity index (χ1n) is 6.14. The van der Waals surface area contributed by atoms with Crippen LogP contribution in [0.2, 0.25) is 0 Å². The second-order valence-corrected chi connectivity index (χ2v) is 5.08. The number of halogens is 2. The number of para-hydroxylation sites is 1. The number of nitrogens with zero attached hydrogens (tertiary/aromatic N) is 2. The molecule has 0 aliphatic rings. The molecule has 3 nitrogen and oxygen atoms in total. The van der Waals surface area contributed by atoms with Crippen molar-refractivity contribution in [3.8, 4) is 17.0 Å². The van der Waals surface area contributed by atoms with Crippen LogP contribution in [-0.4, -0.2) is 16.0 Å². The van der Waals surface area contributed by atoms with E-state index in [-0.39, 0.29) is 24.0 Å². The Bertz CT molecular complexity index is 727. The summed E-state index contributed by atoms with van der Waals surface area (Å²) in [5.41, 5.74) is 2.86. The van der Waals surface area contributed by atoms with Crippen LogP contribution in [0.3, 0.4) is 0 Å². The van der Waals surface area contributed by atoms with E-state index in [9.17, 15) is 0 Å². The van der Waals surface area contributed by atoms with Gasteiger partial charge in [-0.05, 0) is 47.1 Å². The van der Waals surface area contributed by atoms with Gasteiger partial charge in [-0.15, -0.1) is 0 Å². The SMILES string of the molecule is CCOc1ccccc1-c1cn2cc(Br)ccc2n1.[I-]. The van der Waals surface area contributed by atoms with Crippen LogP contribution in [0, 0.1) is 0 Å². The van der Waals surface area contributed by atoms with Crippen LogP contribution in [0.5, 0.6) is 5.75 Å². The summed E-state index contributed by atoms with van der Waals surface area (Å²) in [4.78, 5) is 4.63. The van der Waals surface area contributed by atoms with E-state index in [1.807, 2.05) is 60.1 Å². The predicted molar refractivity (Wildman–Crippen MR) is 79.5 cm³/mol. The van der Waals surface area contributed by atoms with Gasteiger partial charge in [0, 0.05) is 22.4 Å². The Morgan fingerprint density at radius 2 is 1.95 bits per heavy atom. The molecule has 0 N–H and O–H groups in total. The molecule has 0 aliphatic heterocycles. The van der Waals surface area contributed by atoms with E-state index in [0.717, 1.165) is 27.1 Å². The van der Waals surface area contributed by atoms with Gasteiger partial charge in [0.15, 0.2) is 0 Å². The van der Waals surface area contributed by atoms with Crippen molar-refractivity contribution in [3.63, 3.8) is 0 Å². The van der Waals surface area contributed by atoms with Crippen LogP contribution in [0.15, 0.2) is 53.3 Å². The molecule has 2 aromatic heterocycles. The maximum Gasteiger partial charge on any atom is 0.137 e. The lowest BCUT2D eigenvalue weighted by atomic mass is 10.1. The summed E-state index contributed by atoms with van der Waals surface area (Å²) in [6.07, 6.45) is 4.01. The maximum atomic E-state index is 5.65. The lowest BCUT2D eigenvalue weighted by Gasteiger charge is -2.07. The minimum atomic E-state index is 0. The summed E-state index contributed by atoms with van der Waals surface area (Å²) in [5.74, 6) is 0.868. The number of hydrogen-bond donors (Lipinski definition) is 0. The van der Waals surface area contributed by atoms with E-state index in [4.69, 9.17) is 4.74 Å². The van der Waals surface area contributed by atoms with Crippen molar-refractivity contribution >= 4 is 21.6 Å². The van der Waals surface area contributed by atoms with E-state index < -0.39 is 0 Å². The molecule has 1 aromatic carbocycles. The Labute approximate surface area is 143 Å². The Morgan fingerprint density at radius 3 is 2.75 bits per heavy atom. The minimum Gasteiger partial charge on any atom is -1.00 e. The van der Waals surface area contributed by atoms with Gasteiger partial charge < -0.3 is 33.1 Å². The highest BCUT2D eigenvalue weighted by Gasteiger charge is 2.09. The highest BCUT2D eigenvalue weighted by atomic mass is 127. The lowest BCUT2D eigenvalue weighted by molar-refractivity contribution is -0.00000430. The van der Waals surface area contributed by atoms with Crippen molar-refractivity contribution < 1.29 is 28.7 Å². The topological polar surface area (TPSA) is 26.5 Å². The van der Waals surface area contributed by atoms with Crippen LogP contribution >= 0.6 is 15.9 Å². The molecule has 0 atom stereocenters. The zero-order valence-electron chi connectivity index (χ0n) is 10.9. The molecule has 3 aromatic rings. The van der Waals surface area contributed by atoms with Gasteiger partial charge in [-0.3, -0.25) is 0 Å². The molecule has 0 spiro atoms. The first kappa shape index (κ1) is 15.3. The Balaban J connectivity index is 0.00000147. The molecular formula is C15H13BrIN2O-. The largest absolute Gasteiger partial charge is 1.00 e. The monoisotopic (exact) mass is 443 g/mol. The van der Waals surface area contributed by atoms with Crippen molar-refractivity contribution in [1.82, 2.24) is 9.38 Å². The third-order valence-corrected chi connectivity index (χ3v) is 3.35. The Morgan fingerprint density at radius 1 is 1.15 bits per heavy atom. The van der Waals surface area contributed by atoms with Gasteiger partial charge in [0.05, 0.1) is 12.3 Å². The third kappa shape index (κ3) is 2.98. The van der Waals surface area contributed by atoms with E-state index >= 15 is 0 Å². The van der Waals surface area contributed by atoms with Crippen molar-refractivity contribution in [2.45, 2.75) is 6.92 Å². The van der Waals surface area contributed by atoms with Gasteiger partial charge in [0.2, 0.25) is 0 Å². The van der Waals surface area contributed by atoms with Gasteiger partial charge in [-0.25, -0.2) is 4.98 Å². The molecule has 0 saturated carbocycles. The summed E-state index contributed by atoms with van der Waals surface area (Å²) < 4.78 is 8.68. The molecule has 20 heavy (non-hydrogen) atoms. The molecule has 0 saturated heterocycles. The van der Waals surface area contributed by atoms with E-state index in [0.29, 0.717) is 6.61 Å². The van der Waals surface area contributed by atoms with Gasteiger partial charge in [-0.2, -0.15) is 0 Å². The molecule has 104 valence electrons. The molecule has 0 fully saturated rings. The molecule has 2 heterocycles. The number of rotatable bonds is 3. The fraction of sp³-hybridized carbons (Fsp3) is 0.133. The average molecular weight is 444 g/mol. The highest BCUT2D eigenvalue weighted by Crippen LogP contribution is 2.29. The van der Waals surface area contributed by atoms with Crippen LogP contribution in [0.25, 0.3) is 16.9 Å². The summed E-state index contributed by atoms with van der Waals surface area (Å²) in [7, 11) is 0. The fourth-order valence-corrected chi connectivity index (χ4v) is 2.41. The quantitative estimate of drug-likeness (QED) is 0.568. The molecule has 0 radical (unpaired) electrons. The summed E-state index contributed by atoms with van der Waals surface area (Å²) in [6, 6.07) is 11.9. The first-order chi connectivity index (χ1) is 9.28. The number of hydrogen-bond acceptors (Lipinski definition) is 2. The van der Waals surface area contributed by atoms with Crippen LogP contribution < -0.4 is 28.7 Å². The standard InChI is InChI=1S/C15H13BrN2O.HI/c1-2-19-14-6-4-3-5-12(14)13-10-18-9-11(16)7-8-15(18)17-13;/h3-10H,2H2,1H3;1H/p-1. The maximum absolute atomic E-state index is 5.65. The zero-order chi connectivity index (χ0) is 13.2. The first-order valence-corrected chi connectivity index (χ1v) is 6.93. The van der Waals surface area contributed by atoms with E-state index in [1.54, 1.807) is 0 Å². The fourth-order valence-electron chi connectivity index (χ4n) is 2.05. The summed E-state index contributed by atoms with van der Waals surface area (Å²) in [5, 5.41) is 0. The van der Waals surface area contributed by atoms with Gasteiger partial charge >= 0.3 is 0 Å². The molecule has 3 rings (SSSR count). The number of aromatic nitrogens is 2. The second kappa shape index (κ2) is 6.58. The number of benzene rings is 1. The zero-order valence-corrected chi connectivity index (χ0v) is 14.6. The van der Waals surface area contributed by atoms with Crippen molar-refractivity contribution in [3.05, 3.63) is 53.3 Å². The van der Waals surface area contributed by atoms with Crippen molar-refractivity contribution in [1.29, 1.82) is 0 Å². The number of ether oxygens (including phenoxy) is 1. The van der Waals surface area contributed by atoms with Gasteiger partial charge in [0.1, 0.15) is 11.4 Å². The molecule has 0 amide bonds. The molecule has 5 heteroatoms.